The topological polar surface area (TPSA) is 96.1 Å². The van der Waals surface area contributed by atoms with E-state index in [1.165, 1.54) is 0 Å². The Labute approximate surface area is 122 Å². The van der Waals surface area contributed by atoms with Crippen LogP contribution in [0.2, 0.25) is 0 Å². The molecule has 1 aliphatic heterocycles. The highest BCUT2D eigenvalue weighted by Crippen LogP contribution is 2.41. The molecule has 1 amide bonds. The lowest BCUT2D eigenvalue weighted by molar-refractivity contribution is -0.179. The van der Waals surface area contributed by atoms with Crippen molar-refractivity contribution in [3.05, 3.63) is 10.4 Å². The highest BCUT2D eigenvalue weighted by atomic mass is 32.1. The van der Waals surface area contributed by atoms with E-state index in [2.05, 4.69) is 0 Å². The highest BCUT2D eigenvalue weighted by Gasteiger charge is 2.41. The number of carbonyl (C=O) groups excluding carboxylic acids is 1. The van der Waals surface area contributed by atoms with Gasteiger partial charge in [0.05, 0.1) is 11.6 Å². The second kappa shape index (κ2) is 5.44. The number of thiophene rings is 1. The minimum Gasteiger partial charge on any atom is -0.396 e. The maximum atomic E-state index is 12.6. The monoisotopic (exact) mass is 318 g/mol. The Balaban J connectivity index is 2.23. The number of alkyl halides is 3. The average molecular weight is 318 g/mol. The maximum absolute atomic E-state index is 12.6. The van der Waals surface area contributed by atoms with E-state index in [1.54, 1.807) is 4.90 Å². The number of hydrogen-bond acceptors (Lipinski definition) is 5. The third-order valence-electron chi connectivity index (χ3n) is 3.51. The first-order chi connectivity index (χ1) is 9.75. The van der Waals surface area contributed by atoms with Gasteiger partial charge in [0.15, 0.2) is 0 Å². The first kappa shape index (κ1) is 15.4. The highest BCUT2D eigenvalue weighted by molar-refractivity contribution is 7.19. The number of nitrogens with two attached hydrogens (primary N) is 2. The van der Waals surface area contributed by atoms with Crippen molar-refractivity contribution in [2.45, 2.75) is 19.0 Å². The quantitative estimate of drug-likeness (QED) is 0.872. The van der Waals surface area contributed by atoms with Gasteiger partial charge in [-0.25, -0.2) is 0 Å². The van der Waals surface area contributed by atoms with Crippen molar-refractivity contribution in [1.29, 1.82) is 5.26 Å². The molecule has 2 heterocycles. The first-order valence-corrected chi connectivity index (χ1v) is 7.01. The Morgan fingerprint density at radius 3 is 2.38 bits per heavy atom. The number of nitriles is 1. The van der Waals surface area contributed by atoms with Crippen molar-refractivity contribution in [1.82, 2.24) is 0 Å². The van der Waals surface area contributed by atoms with E-state index >= 15 is 0 Å². The third-order valence-corrected chi connectivity index (χ3v) is 4.79. The van der Waals surface area contributed by atoms with Gasteiger partial charge >= 0.3 is 6.18 Å². The molecule has 0 atom stereocenters. The summed E-state index contributed by atoms with van der Waals surface area (Å²) in [5, 5.41) is 9.54. The summed E-state index contributed by atoms with van der Waals surface area (Å²) in [5.41, 5.74) is 11.0. The van der Waals surface area contributed by atoms with Crippen molar-refractivity contribution in [3.63, 3.8) is 0 Å². The Hall–Kier alpha value is -1.95. The van der Waals surface area contributed by atoms with Gasteiger partial charge < -0.3 is 16.4 Å². The van der Waals surface area contributed by atoms with Crippen molar-refractivity contribution in [2.24, 2.45) is 11.7 Å². The van der Waals surface area contributed by atoms with Gasteiger partial charge in [-0.2, -0.15) is 18.4 Å². The molecule has 5 nitrogen and oxygen atoms in total. The standard InChI is InChI=1S/C12H13F3N4OS/c13-12(14,15)6-1-3-19(4-2-6)11-7(5-16)8(17)9(21-11)10(18)20/h6H,1-4,17H2,(H2,18,20). The number of halogens is 3. The molecule has 1 aromatic rings. The van der Waals surface area contributed by atoms with Crippen LogP contribution in [0.4, 0.5) is 23.9 Å². The summed E-state index contributed by atoms with van der Waals surface area (Å²) >= 11 is 0.957. The van der Waals surface area contributed by atoms with Crippen LogP contribution >= 0.6 is 11.3 Å². The van der Waals surface area contributed by atoms with E-state index in [0.29, 0.717) is 5.00 Å². The summed E-state index contributed by atoms with van der Waals surface area (Å²) in [4.78, 5) is 13.0. The van der Waals surface area contributed by atoms with Crippen LogP contribution < -0.4 is 16.4 Å². The van der Waals surface area contributed by atoms with Gasteiger partial charge in [0.2, 0.25) is 0 Å². The normalized spacial score (nSPS) is 16.8. The smallest absolute Gasteiger partial charge is 0.391 e. The summed E-state index contributed by atoms with van der Waals surface area (Å²) < 4.78 is 37.9. The molecule has 1 aliphatic rings. The van der Waals surface area contributed by atoms with E-state index in [-0.39, 0.29) is 42.1 Å². The number of primary amides is 1. The lowest BCUT2D eigenvalue weighted by Crippen LogP contribution is -2.38. The third kappa shape index (κ3) is 2.90. The molecule has 0 radical (unpaired) electrons. The predicted octanol–water partition coefficient (Wildman–Crippen LogP) is 2.08. The maximum Gasteiger partial charge on any atom is 0.391 e. The molecule has 21 heavy (non-hydrogen) atoms. The Bertz CT molecular complexity index is 597. The molecule has 0 aliphatic carbocycles. The van der Waals surface area contributed by atoms with Crippen LogP contribution in [0.3, 0.4) is 0 Å². The number of anilines is 2. The summed E-state index contributed by atoms with van der Waals surface area (Å²) in [6.07, 6.45) is -4.28. The molecule has 0 aromatic carbocycles. The molecule has 1 saturated heterocycles. The molecule has 0 unspecified atom stereocenters. The van der Waals surface area contributed by atoms with E-state index in [1.807, 2.05) is 6.07 Å². The molecule has 4 N–H and O–H groups in total. The number of amides is 1. The second-order valence-electron chi connectivity index (χ2n) is 4.80. The van der Waals surface area contributed by atoms with Gasteiger partial charge in [0.1, 0.15) is 21.5 Å². The van der Waals surface area contributed by atoms with E-state index < -0.39 is 18.0 Å². The molecule has 1 aromatic heterocycles. The molecular formula is C12H13F3N4OS. The molecule has 2 rings (SSSR count). The van der Waals surface area contributed by atoms with Crippen LogP contribution in [-0.2, 0) is 0 Å². The molecule has 0 bridgehead atoms. The van der Waals surface area contributed by atoms with Crippen LogP contribution in [0, 0.1) is 17.2 Å². The van der Waals surface area contributed by atoms with Crippen LogP contribution in [0.15, 0.2) is 0 Å². The van der Waals surface area contributed by atoms with Gasteiger partial charge in [-0.15, -0.1) is 11.3 Å². The fraction of sp³-hybridized carbons (Fsp3) is 0.500. The van der Waals surface area contributed by atoms with Crippen LogP contribution in [0.5, 0.6) is 0 Å². The number of nitrogens with zero attached hydrogens (tertiary/aromatic N) is 2. The summed E-state index contributed by atoms with van der Waals surface area (Å²) in [6, 6.07) is 1.89. The lowest BCUT2D eigenvalue weighted by Gasteiger charge is -2.33. The predicted molar refractivity (Wildman–Crippen MR) is 73.0 cm³/mol. The van der Waals surface area contributed by atoms with Gasteiger partial charge in [-0.1, -0.05) is 0 Å². The van der Waals surface area contributed by atoms with Crippen molar-refractivity contribution in [3.8, 4) is 6.07 Å². The number of hydrogen-bond donors (Lipinski definition) is 2. The molecule has 9 heteroatoms. The second-order valence-corrected chi connectivity index (χ2v) is 5.80. The minimum absolute atomic E-state index is 0.00273. The fourth-order valence-electron chi connectivity index (χ4n) is 2.36. The molecular weight excluding hydrogens is 305 g/mol. The Kier molecular flexibility index (Phi) is 4.00. The van der Waals surface area contributed by atoms with E-state index in [9.17, 15) is 18.0 Å². The minimum atomic E-state index is -4.20. The molecule has 0 spiro atoms. The van der Waals surface area contributed by atoms with Crippen molar-refractivity contribution < 1.29 is 18.0 Å². The number of carbonyl (C=O) groups is 1. The summed E-state index contributed by atoms with van der Waals surface area (Å²) in [6.45, 7) is 0.327. The zero-order valence-electron chi connectivity index (χ0n) is 10.9. The van der Waals surface area contributed by atoms with Gasteiger partial charge in [0, 0.05) is 13.1 Å². The fourth-order valence-corrected chi connectivity index (χ4v) is 3.43. The Morgan fingerprint density at radius 2 is 1.95 bits per heavy atom. The largest absolute Gasteiger partial charge is 0.396 e. The summed E-state index contributed by atoms with van der Waals surface area (Å²) in [7, 11) is 0. The molecule has 0 saturated carbocycles. The zero-order valence-corrected chi connectivity index (χ0v) is 11.7. The van der Waals surface area contributed by atoms with E-state index in [4.69, 9.17) is 16.7 Å². The van der Waals surface area contributed by atoms with Crippen molar-refractivity contribution in [2.75, 3.05) is 23.7 Å². The van der Waals surface area contributed by atoms with Crippen molar-refractivity contribution >= 4 is 27.9 Å². The zero-order chi connectivity index (χ0) is 15.8. The van der Waals surface area contributed by atoms with Gasteiger partial charge in [-0.05, 0) is 12.8 Å². The number of piperidine rings is 1. The SMILES string of the molecule is N#Cc1c(N2CCC(C(F)(F)F)CC2)sc(C(N)=O)c1N. The van der Waals surface area contributed by atoms with Crippen LogP contribution in [-0.4, -0.2) is 25.2 Å². The Morgan fingerprint density at radius 1 is 1.38 bits per heavy atom. The van der Waals surface area contributed by atoms with Gasteiger partial charge in [-0.3, -0.25) is 4.79 Å². The van der Waals surface area contributed by atoms with Gasteiger partial charge in [0.25, 0.3) is 5.91 Å². The number of rotatable bonds is 2. The summed E-state index contributed by atoms with van der Waals surface area (Å²) in [5.74, 6) is -2.07. The van der Waals surface area contributed by atoms with Crippen LogP contribution in [0.25, 0.3) is 0 Å². The molecule has 114 valence electrons. The average Bonchev–Trinajstić information content (AvgIpc) is 2.75. The first-order valence-electron chi connectivity index (χ1n) is 6.19. The van der Waals surface area contributed by atoms with E-state index in [0.717, 1.165) is 11.3 Å². The molecule has 1 fully saturated rings. The number of nitrogen functional groups attached to an aromatic ring is 1. The van der Waals surface area contributed by atoms with Crippen LogP contribution in [0.1, 0.15) is 28.1 Å². The lowest BCUT2D eigenvalue weighted by atomic mass is 9.96.